The molecular weight excluding hydrogens is 326 g/mol. The summed E-state index contributed by atoms with van der Waals surface area (Å²) in [6, 6.07) is 13.0. The zero-order valence-corrected chi connectivity index (χ0v) is 13.8. The SMILES string of the molecule is COc1ccc(/C(C)=N\NC(=O)COc2ccccc2[N+](=O)[O-])cc1. The van der Waals surface area contributed by atoms with Crippen LogP contribution in [0.25, 0.3) is 0 Å². The highest BCUT2D eigenvalue weighted by Crippen LogP contribution is 2.25. The van der Waals surface area contributed by atoms with Crippen molar-refractivity contribution in [3.05, 3.63) is 64.2 Å². The average molecular weight is 343 g/mol. The number of benzene rings is 2. The highest BCUT2D eigenvalue weighted by Gasteiger charge is 2.14. The van der Waals surface area contributed by atoms with Gasteiger partial charge in [-0.15, -0.1) is 0 Å². The average Bonchev–Trinajstić information content (AvgIpc) is 2.64. The first-order valence-corrected chi connectivity index (χ1v) is 7.35. The summed E-state index contributed by atoms with van der Waals surface area (Å²) >= 11 is 0. The van der Waals surface area contributed by atoms with Gasteiger partial charge in [0.1, 0.15) is 5.75 Å². The minimum Gasteiger partial charge on any atom is -0.497 e. The monoisotopic (exact) mass is 343 g/mol. The predicted octanol–water partition coefficient (Wildman–Crippen LogP) is 2.52. The molecule has 0 radical (unpaired) electrons. The summed E-state index contributed by atoms with van der Waals surface area (Å²) in [5, 5.41) is 14.9. The minimum atomic E-state index is -0.570. The number of nitrogens with one attached hydrogen (secondary N) is 1. The number of hydrazone groups is 1. The third kappa shape index (κ3) is 5.03. The van der Waals surface area contributed by atoms with E-state index in [1.54, 1.807) is 32.2 Å². The smallest absolute Gasteiger partial charge is 0.310 e. The zero-order chi connectivity index (χ0) is 18.2. The van der Waals surface area contributed by atoms with E-state index in [1.165, 1.54) is 18.2 Å². The second-order valence-electron chi connectivity index (χ2n) is 4.97. The van der Waals surface area contributed by atoms with Gasteiger partial charge in [-0.25, -0.2) is 5.43 Å². The molecule has 0 fully saturated rings. The first kappa shape index (κ1) is 17.9. The molecule has 130 valence electrons. The van der Waals surface area contributed by atoms with Crippen LogP contribution in [0.1, 0.15) is 12.5 Å². The van der Waals surface area contributed by atoms with Gasteiger partial charge >= 0.3 is 5.69 Å². The van der Waals surface area contributed by atoms with E-state index in [0.717, 1.165) is 11.3 Å². The summed E-state index contributed by atoms with van der Waals surface area (Å²) in [6.45, 7) is 1.36. The number of hydrogen-bond donors (Lipinski definition) is 1. The lowest BCUT2D eigenvalue weighted by Gasteiger charge is -2.06. The molecular formula is C17H17N3O5. The van der Waals surface area contributed by atoms with E-state index in [9.17, 15) is 14.9 Å². The van der Waals surface area contributed by atoms with E-state index >= 15 is 0 Å². The Balaban J connectivity index is 1.92. The van der Waals surface area contributed by atoms with Crippen LogP contribution < -0.4 is 14.9 Å². The Hall–Kier alpha value is -3.42. The molecule has 0 saturated carbocycles. The van der Waals surface area contributed by atoms with Crippen LogP contribution in [0.15, 0.2) is 53.6 Å². The van der Waals surface area contributed by atoms with Crippen LogP contribution in [-0.4, -0.2) is 30.3 Å². The largest absolute Gasteiger partial charge is 0.497 e. The molecule has 2 rings (SSSR count). The van der Waals surface area contributed by atoms with Crippen molar-refractivity contribution in [3.8, 4) is 11.5 Å². The molecule has 8 nitrogen and oxygen atoms in total. The number of methoxy groups -OCH3 is 1. The summed E-state index contributed by atoms with van der Waals surface area (Å²) in [7, 11) is 1.58. The fraction of sp³-hybridized carbons (Fsp3) is 0.176. The maximum Gasteiger partial charge on any atom is 0.310 e. The molecule has 0 atom stereocenters. The predicted molar refractivity (Wildman–Crippen MR) is 91.9 cm³/mol. The topological polar surface area (TPSA) is 103 Å². The van der Waals surface area contributed by atoms with Crippen molar-refractivity contribution in [1.29, 1.82) is 0 Å². The van der Waals surface area contributed by atoms with Crippen molar-refractivity contribution in [2.24, 2.45) is 5.10 Å². The van der Waals surface area contributed by atoms with Crippen LogP contribution in [0.3, 0.4) is 0 Å². The Labute approximate surface area is 144 Å². The molecule has 1 amide bonds. The molecule has 0 aromatic heterocycles. The zero-order valence-electron chi connectivity index (χ0n) is 13.8. The van der Waals surface area contributed by atoms with E-state index in [1.807, 2.05) is 12.1 Å². The van der Waals surface area contributed by atoms with Crippen LogP contribution in [0.4, 0.5) is 5.69 Å². The van der Waals surface area contributed by atoms with Gasteiger partial charge in [-0.3, -0.25) is 14.9 Å². The Morgan fingerprint density at radius 2 is 1.88 bits per heavy atom. The number of nitro benzene ring substituents is 1. The summed E-state index contributed by atoms with van der Waals surface area (Å²) in [6.07, 6.45) is 0. The molecule has 1 N–H and O–H groups in total. The molecule has 0 aliphatic carbocycles. The highest BCUT2D eigenvalue weighted by molar-refractivity contribution is 5.99. The number of nitro groups is 1. The van der Waals surface area contributed by atoms with Gasteiger partial charge in [0.05, 0.1) is 17.7 Å². The first-order chi connectivity index (χ1) is 12.0. The van der Waals surface area contributed by atoms with Crippen molar-refractivity contribution in [3.63, 3.8) is 0 Å². The molecule has 0 aliphatic heterocycles. The van der Waals surface area contributed by atoms with E-state index in [4.69, 9.17) is 9.47 Å². The number of carbonyl (C=O) groups excluding carboxylic acids is 1. The van der Waals surface area contributed by atoms with Gasteiger partial charge in [0.15, 0.2) is 12.4 Å². The third-order valence-corrected chi connectivity index (χ3v) is 3.28. The number of nitrogens with zero attached hydrogens (tertiary/aromatic N) is 2. The van der Waals surface area contributed by atoms with E-state index in [0.29, 0.717) is 5.71 Å². The van der Waals surface area contributed by atoms with E-state index < -0.39 is 10.8 Å². The van der Waals surface area contributed by atoms with Gasteiger partial charge in [-0.1, -0.05) is 12.1 Å². The van der Waals surface area contributed by atoms with Crippen LogP contribution in [0.5, 0.6) is 11.5 Å². The van der Waals surface area contributed by atoms with Gasteiger partial charge < -0.3 is 9.47 Å². The molecule has 2 aromatic carbocycles. The quantitative estimate of drug-likeness (QED) is 0.473. The number of hydrogen-bond acceptors (Lipinski definition) is 6. The second-order valence-corrected chi connectivity index (χ2v) is 4.97. The van der Waals surface area contributed by atoms with Crippen molar-refractivity contribution >= 4 is 17.3 Å². The fourth-order valence-electron chi connectivity index (χ4n) is 1.95. The van der Waals surface area contributed by atoms with Crippen LogP contribution >= 0.6 is 0 Å². The standard InChI is InChI=1S/C17H17N3O5/c1-12(13-7-9-14(24-2)10-8-13)18-19-17(21)11-25-16-6-4-3-5-15(16)20(22)23/h3-10H,11H2,1-2H3,(H,19,21)/b18-12-. The van der Waals surface area contributed by atoms with Gasteiger partial charge in [0, 0.05) is 6.07 Å². The lowest BCUT2D eigenvalue weighted by molar-refractivity contribution is -0.385. The second kappa shape index (κ2) is 8.44. The number of amides is 1. The fourth-order valence-corrected chi connectivity index (χ4v) is 1.95. The lowest BCUT2D eigenvalue weighted by atomic mass is 10.1. The maximum absolute atomic E-state index is 11.8. The van der Waals surface area contributed by atoms with Crippen molar-refractivity contribution < 1.29 is 19.2 Å². The van der Waals surface area contributed by atoms with Crippen molar-refractivity contribution in [2.45, 2.75) is 6.92 Å². The van der Waals surface area contributed by atoms with Crippen molar-refractivity contribution in [2.75, 3.05) is 13.7 Å². The summed E-state index contributed by atoms with van der Waals surface area (Å²) in [5.41, 5.74) is 3.57. The van der Waals surface area contributed by atoms with Gasteiger partial charge in [-0.05, 0) is 42.8 Å². The Bertz CT molecular complexity index is 787. The van der Waals surface area contributed by atoms with Crippen LogP contribution in [-0.2, 0) is 4.79 Å². The Morgan fingerprint density at radius 1 is 1.20 bits per heavy atom. The molecule has 0 unspecified atom stereocenters. The van der Waals surface area contributed by atoms with Gasteiger partial charge in [0.25, 0.3) is 5.91 Å². The molecule has 8 heteroatoms. The molecule has 0 saturated heterocycles. The van der Waals surface area contributed by atoms with Crippen LogP contribution in [0.2, 0.25) is 0 Å². The number of carbonyl (C=O) groups is 1. The summed E-state index contributed by atoms with van der Waals surface area (Å²) in [4.78, 5) is 22.1. The van der Waals surface area contributed by atoms with Crippen molar-refractivity contribution in [1.82, 2.24) is 5.43 Å². The number of ether oxygens (including phenoxy) is 2. The molecule has 0 spiro atoms. The van der Waals surface area contributed by atoms with Gasteiger partial charge in [0.2, 0.25) is 0 Å². The first-order valence-electron chi connectivity index (χ1n) is 7.35. The summed E-state index contributed by atoms with van der Waals surface area (Å²) in [5.74, 6) is 0.225. The molecule has 0 heterocycles. The van der Waals surface area contributed by atoms with E-state index in [2.05, 4.69) is 10.5 Å². The maximum atomic E-state index is 11.8. The van der Waals surface area contributed by atoms with Gasteiger partial charge in [-0.2, -0.15) is 5.10 Å². The molecule has 0 aliphatic rings. The minimum absolute atomic E-state index is 0.0264. The molecule has 0 bridgehead atoms. The Morgan fingerprint density at radius 3 is 2.52 bits per heavy atom. The number of rotatable bonds is 7. The lowest BCUT2D eigenvalue weighted by Crippen LogP contribution is -2.25. The van der Waals surface area contributed by atoms with Crippen LogP contribution in [0, 0.1) is 10.1 Å². The Kier molecular flexibility index (Phi) is 6.05. The normalized spacial score (nSPS) is 10.9. The molecule has 2 aromatic rings. The third-order valence-electron chi connectivity index (χ3n) is 3.28. The highest BCUT2D eigenvalue weighted by atomic mass is 16.6. The van der Waals surface area contributed by atoms with E-state index in [-0.39, 0.29) is 18.0 Å². The molecule has 25 heavy (non-hydrogen) atoms. The number of para-hydroxylation sites is 2. The summed E-state index contributed by atoms with van der Waals surface area (Å²) < 4.78 is 10.3.